The average molecular weight is 346 g/mol. The maximum absolute atomic E-state index is 11.4. The third-order valence-electron chi connectivity index (χ3n) is 4.01. The molecule has 1 aromatic carbocycles. The predicted octanol–water partition coefficient (Wildman–Crippen LogP) is 2.85. The Balaban J connectivity index is 1.77. The van der Waals surface area contributed by atoms with Gasteiger partial charge in [0.25, 0.3) is 0 Å². The monoisotopic (exact) mass is 345 g/mol. The van der Waals surface area contributed by atoms with E-state index in [1.807, 2.05) is 42.2 Å². The number of aromatic nitrogens is 2. The molecular formula is C17H20ClN5O. The van der Waals surface area contributed by atoms with Gasteiger partial charge in [-0.2, -0.15) is 4.98 Å². The summed E-state index contributed by atoms with van der Waals surface area (Å²) < 4.78 is 0. The van der Waals surface area contributed by atoms with Crippen LogP contribution in [-0.4, -0.2) is 47.0 Å². The number of para-hydroxylation sites is 1. The van der Waals surface area contributed by atoms with E-state index in [0.717, 1.165) is 30.3 Å². The van der Waals surface area contributed by atoms with Gasteiger partial charge in [-0.1, -0.05) is 23.7 Å². The molecule has 1 amide bonds. The van der Waals surface area contributed by atoms with E-state index in [2.05, 4.69) is 20.2 Å². The molecule has 7 heteroatoms. The first-order chi connectivity index (χ1) is 11.5. The predicted molar refractivity (Wildman–Crippen MR) is 96.0 cm³/mol. The molecule has 1 saturated heterocycles. The molecule has 2 heterocycles. The van der Waals surface area contributed by atoms with Gasteiger partial charge in [0.2, 0.25) is 11.9 Å². The number of aryl methyl sites for hydroxylation is 1. The lowest BCUT2D eigenvalue weighted by Gasteiger charge is -2.35. The SMILES string of the molecule is CC(=O)N1CCN(c2cc(C)nc(Nc3ccccc3Cl)n2)CC1. The highest BCUT2D eigenvalue weighted by atomic mass is 35.5. The van der Waals surface area contributed by atoms with E-state index in [1.165, 1.54) is 0 Å². The van der Waals surface area contributed by atoms with E-state index in [1.54, 1.807) is 6.92 Å². The van der Waals surface area contributed by atoms with Gasteiger partial charge in [0.15, 0.2) is 0 Å². The summed E-state index contributed by atoms with van der Waals surface area (Å²) in [7, 11) is 0. The zero-order valence-electron chi connectivity index (χ0n) is 13.8. The quantitative estimate of drug-likeness (QED) is 0.926. The van der Waals surface area contributed by atoms with E-state index in [-0.39, 0.29) is 5.91 Å². The van der Waals surface area contributed by atoms with Gasteiger partial charge in [0.05, 0.1) is 10.7 Å². The van der Waals surface area contributed by atoms with Crippen LogP contribution in [-0.2, 0) is 4.79 Å². The van der Waals surface area contributed by atoms with Crippen molar-refractivity contribution in [1.29, 1.82) is 0 Å². The summed E-state index contributed by atoms with van der Waals surface area (Å²) >= 11 is 6.18. The van der Waals surface area contributed by atoms with Crippen molar-refractivity contribution in [1.82, 2.24) is 14.9 Å². The van der Waals surface area contributed by atoms with E-state index >= 15 is 0 Å². The lowest BCUT2D eigenvalue weighted by atomic mass is 10.3. The second kappa shape index (κ2) is 7.05. The molecule has 3 rings (SSSR count). The number of nitrogens with zero attached hydrogens (tertiary/aromatic N) is 4. The third kappa shape index (κ3) is 3.76. The Morgan fingerprint density at radius 2 is 1.88 bits per heavy atom. The highest BCUT2D eigenvalue weighted by Crippen LogP contribution is 2.25. The molecule has 126 valence electrons. The zero-order chi connectivity index (χ0) is 17.1. The Hall–Kier alpha value is -2.34. The normalized spacial score (nSPS) is 14.6. The van der Waals surface area contributed by atoms with E-state index in [4.69, 9.17) is 11.6 Å². The Morgan fingerprint density at radius 3 is 2.54 bits per heavy atom. The molecule has 0 aliphatic carbocycles. The second-order valence-corrected chi connectivity index (χ2v) is 6.20. The van der Waals surface area contributed by atoms with E-state index in [0.29, 0.717) is 24.1 Å². The number of carbonyl (C=O) groups excluding carboxylic acids is 1. The molecule has 6 nitrogen and oxygen atoms in total. The van der Waals surface area contributed by atoms with Crippen LogP contribution in [0.4, 0.5) is 17.5 Å². The van der Waals surface area contributed by atoms with Crippen molar-refractivity contribution in [3.8, 4) is 0 Å². The van der Waals surface area contributed by atoms with Crippen LogP contribution < -0.4 is 10.2 Å². The minimum atomic E-state index is 0.120. The largest absolute Gasteiger partial charge is 0.353 e. The standard InChI is InChI=1S/C17H20ClN5O/c1-12-11-16(23-9-7-22(8-10-23)13(2)24)21-17(19-12)20-15-6-4-3-5-14(15)18/h3-6,11H,7-10H2,1-2H3,(H,19,20,21). The van der Waals surface area contributed by atoms with Crippen molar-refractivity contribution >= 4 is 35.0 Å². The average Bonchev–Trinajstić information content (AvgIpc) is 2.56. The Kier molecular flexibility index (Phi) is 4.85. The summed E-state index contributed by atoms with van der Waals surface area (Å²) in [5.74, 6) is 1.50. The Bertz CT molecular complexity index is 744. The van der Waals surface area contributed by atoms with Crippen LogP contribution in [0, 0.1) is 6.92 Å². The molecule has 0 saturated carbocycles. The highest BCUT2D eigenvalue weighted by Gasteiger charge is 2.20. The van der Waals surface area contributed by atoms with Gasteiger partial charge in [0.1, 0.15) is 5.82 Å². The smallest absolute Gasteiger partial charge is 0.229 e. The molecule has 0 spiro atoms. The molecule has 0 radical (unpaired) electrons. The summed E-state index contributed by atoms with van der Waals surface area (Å²) in [6, 6.07) is 9.46. The molecule has 1 aromatic heterocycles. The lowest BCUT2D eigenvalue weighted by molar-refractivity contribution is -0.129. The number of amides is 1. The number of hydrogen-bond donors (Lipinski definition) is 1. The summed E-state index contributed by atoms with van der Waals surface area (Å²) in [6.45, 7) is 6.51. The zero-order valence-corrected chi connectivity index (χ0v) is 14.5. The highest BCUT2D eigenvalue weighted by molar-refractivity contribution is 6.33. The number of carbonyl (C=O) groups is 1. The van der Waals surface area contributed by atoms with Crippen molar-refractivity contribution in [2.24, 2.45) is 0 Å². The third-order valence-corrected chi connectivity index (χ3v) is 4.34. The molecular weight excluding hydrogens is 326 g/mol. The minimum absolute atomic E-state index is 0.120. The molecule has 0 bridgehead atoms. The number of anilines is 3. The molecule has 1 N–H and O–H groups in total. The van der Waals surface area contributed by atoms with Gasteiger partial charge in [-0.25, -0.2) is 4.98 Å². The maximum Gasteiger partial charge on any atom is 0.229 e. The molecule has 24 heavy (non-hydrogen) atoms. The fourth-order valence-electron chi connectivity index (χ4n) is 2.70. The molecule has 1 aliphatic rings. The van der Waals surface area contributed by atoms with Gasteiger partial charge in [-0.05, 0) is 19.1 Å². The summed E-state index contributed by atoms with van der Waals surface area (Å²) in [5.41, 5.74) is 1.65. The van der Waals surface area contributed by atoms with Gasteiger partial charge < -0.3 is 15.1 Å². The summed E-state index contributed by atoms with van der Waals surface area (Å²) in [5, 5.41) is 3.80. The van der Waals surface area contributed by atoms with Gasteiger partial charge in [0, 0.05) is 44.9 Å². The van der Waals surface area contributed by atoms with Crippen LogP contribution in [0.3, 0.4) is 0 Å². The van der Waals surface area contributed by atoms with E-state index in [9.17, 15) is 4.79 Å². The van der Waals surface area contributed by atoms with E-state index < -0.39 is 0 Å². The molecule has 1 aliphatic heterocycles. The maximum atomic E-state index is 11.4. The lowest BCUT2D eigenvalue weighted by Crippen LogP contribution is -2.48. The van der Waals surface area contributed by atoms with Gasteiger partial charge >= 0.3 is 0 Å². The molecule has 0 atom stereocenters. The van der Waals surface area contributed by atoms with Crippen molar-refractivity contribution in [2.75, 3.05) is 36.4 Å². The number of benzene rings is 1. The molecule has 0 unspecified atom stereocenters. The number of halogens is 1. The van der Waals surface area contributed by atoms with Gasteiger partial charge in [-0.15, -0.1) is 0 Å². The fourth-order valence-corrected chi connectivity index (χ4v) is 2.89. The van der Waals surface area contributed by atoms with Crippen LogP contribution in [0.2, 0.25) is 5.02 Å². The Labute approximate surface area is 146 Å². The van der Waals surface area contributed by atoms with Crippen LogP contribution in [0.5, 0.6) is 0 Å². The number of piperazine rings is 1. The van der Waals surface area contributed by atoms with Crippen molar-refractivity contribution < 1.29 is 4.79 Å². The van der Waals surface area contributed by atoms with Crippen LogP contribution >= 0.6 is 11.6 Å². The molecule has 2 aromatic rings. The Morgan fingerprint density at radius 1 is 1.17 bits per heavy atom. The van der Waals surface area contributed by atoms with Crippen LogP contribution in [0.1, 0.15) is 12.6 Å². The fraction of sp³-hybridized carbons (Fsp3) is 0.353. The minimum Gasteiger partial charge on any atom is -0.353 e. The van der Waals surface area contributed by atoms with Crippen molar-refractivity contribution in [2.45, 2.75) is 13.8 Å². The topological polar surface area (TPSA) is 61.4 Å². The number of rotatable bonds is 3. The second-order valence-electron chi connectivity index (χ2n) is 5.79. The molecule has 1 fully saturated rings. The first kappa shape index (κ1) is 16.5. The van der Waals surface area contributed by atoms with Crippen LogP contribution in [0.25, 0.3) is 0 Å². The first-order valence-electron chi connectivity index (χ1n) is 7.90. The van der Waals surface area contributed by atoms with Crippen molar-refractivity contribution in [3.05, 3.63) is 41.0 Å². The first-order valence-corrected chi connectivity index (χ1v) is 8.28. The van der Waals surface area contributed by atoms with Gasteiger partial charge in [-0.3, -0.25) is 4.79 Å². The number of nitrogens with one attached hydrogen (secondary N) is 1. The van der Waals surface area contributed by atoms with Crippen LogP contribution in [0.15, 0.2) is 30.3 Å². The van der Waals surface area contributed by atoms with Crippen molar-refractivity contribution in [3.63, 3.8) is 0 Å². The summed E-state index contributed by atoms with van der Waals surface area (Å²) in [6.07, 6.45) is 0. The number of hydrogen-bond acceptors (Lipinski definition) is 5. The summed E-state index contributed by atoms with van der Waals surface area (Å²) in [4.78, 5) is 24.5.